The van der Waals surface area contributed by atoms with Crippen LogP contribution in [0, 0.1) is 12.7 Å². The van der Waals surface area contributed by atoms with Crippen molar-refractivity contribution in [1.29, 1.82) is 0 Å². The molecule has 40 heavy (non-hydrogen) atoms. The number of ether oxygens (including phenoxy) is 1. The zero-order valence-corrected chi connectivity index (χ0v) is 23.9. The molecule has 2 N–H and O–H groups in total. The first-order valence-corrected chi connectivity index (χ1v) is 13.9. The van der Waals surface area contributed by atoms with Gasteiger partial charge in [-0.1, -0.05) is 55.1 Å². The summed E-state index contributed by atoms with van der Waals surface area (Å²) in [7, 11) is 3.89. The van der Waals surface area contributed by atoms with Crippen LogP contribution in [0.3, 0.4) is 0 Å². The van der Waals surface area contributed by atoms with Crippen LogP contribution in [-0.4, -0.2) is 59.7 Å². The second-order valence-electron chi connectivity index (χ2n) is 10.6. The maximum Gasteiger partial charge on any atom is 0.329 e. The Morgan fingerprint density at radius 2 is 1.75 bits per heavy atom. The third-order valence-corrected chi connectivity index (χ3v) is 7.63. The van der Waals surface area contributed by atoms with Gasteiger partial charge in [0, 0.05) is 17.7 Å². The molecule has 4 rings (SSSR count). The van der Waals surface area contributed by atoms with Gasteiger partial charge in [0.25, 0.3) is 5.91 Å². The fourth-order valence-corrected chi connectivity index (χ4v) is 5.32. The lowest BCUT2D eigenvalue weighted by Crippen LogP contribution is -2.55. The highest BCUT2D eigenvalue weighted by molar-refractivity contribution is 6.32. The standard InChI is InChI=1S/C31H35ClFN3O4/c1-20-10-5-6-11-21(20)22-13-15-25(29(37)35-31(30(38)39)16-7-4-8-17-31)34-27(22)23-12-14-24(32)28(26(23)33)40-19-9-18-36(2)3/h5-6,10-15H,4,7-9,16-19H2,1-3H3,(H,35,37)(H,38,39). The first-order valence-electron chi connectivity index (χ1n) is 13.5. The number of aromatic nitrogens is 1. The van der Waals surface area contributed by atoms with Gasteiger partial charge in [0.2, 0.25) is 0 Å². The quantitative estimate of drug-likeness (QED) is 0.277. The smallest absolute Gasteiger partial charge is 0.329 e. The van der Waals surface area contributed by atoms with Crippen LogP contribution >= 0.6 is 11.6 Å². The number of nitrogens with zero attached hydrogens (tertiary/aromatic N) is 2. The van der Waals surface area contributed by atoms with E-state index < -0.39 is 23.2 Å². The normalized spacial score (nSPS) is 14.7. The van der Waals surface area contributed by atoms with E-state index >= 15 is 4.39 Å². The Bertz CT molecular complexity index is 1390. The minimum absolute atomic E-state index is 0.00124. The van der Waals surface area contributed by atoms with Crippen LogP contribution in [0.2, 0.25) is 5.02 Å². The molecule has 0 saturated heterocycles. The first kappa shape index (κ1) is 29.5. The average Bonchev–Trinajstić information content (AvgIpc) is 2.93. The van der Waals surface area contributed by atoms with Crippen molar-refractivity contribution in [2.75, 3.05) is 27.2 Å². The molecule has 1 fully saturated rings. The molecule has 0 aliphatic heterocycles. The van der Waals surface area contributed by atoms with Gasteiger partial charge in [-0.25, -0.2) is 14.2 Å². The lowest BCUT2D eigenvalue weighted by atomic mass is 9.81. The average molecular weight is 568 g/mol. The molecule has 1 saturated carbocycles. The van der Waals surface area contributed by atoms with E-state index in [1.807, 2.05) is 50.2 Å². The highest BCUT2D eigenvalue weighted by Gasteiger charge is 2.41. The molecule has 2 aromatic carbocycles. The van der Waals surface area contributed by atoms with Crippen molar-refractivity contribution in [2.45, 2.75) is 51.0 Å². The Morgan fingerprint density at radius 3 is 2.42 bits per heavy atom. The summed E-state index contributed by atoms with van der Waals surface area (Å²) in [5.74, 6) is -2.42. The van der Waals surface area contributed by atoms with Crippen LogP contribution in [0.5, 0.6) is 5.75 Å². The summed E-state index contributed by atoms with van der Waals surface area (Å²) in [6, 6.07) is 14.0. The van der Waals surface area contributed by atoms with Gasteiger partial charge in [-0.15, -0.1) is 0 Å². The number of hydrogen-bond donors (Lipinski definition) is 2. The highest BCUT2D eigenvalue weighted by Crippen LogP contribution is 2.39. The molecule has 1 aliphatic carbocycles. The maximum atomic E-state index is 16.0. The topological polar surface area (TPSA) is 91.8 Å². The van der Waals surface area contributed by atoms with E-state index in [0.717, 1.165) is 24.1 Å². The van der Waals surface area contributed by atoms with Gasteiger partial charge in [-0.2, -0.15) is 0 Å². The number of aryl methyl sites for hydroxylation is 1. The number of hydrogen-bond acceptors (Lipinski definition) is 5. The lowest BCUT2D eigenvalue weighted by Gasteiger charge is -2.33. The maximum absolute atomic E-state index is 16.0. The van der Waals surface area contributed by atoms with Crippen molar-refractivity contribution in [3.05, 3.63) is 70.6 Å². The Kier molecular flexibility index (Phi) is 9.43. The summed E-state index contributed by atoms with van der Waals surface area (Å²) in [5.41, 5.74) is 1.43. The summed E-state index contributed by atoms with van der Waals surface area (Å²) in [5, 5.41) is 12.8. The van der Waals surface area contributed by atoms with Crippen LogP contribution in [0.1, 0.15) is 54.6 Å². The van der Waals surface area contributed by atoms with Crippen molar-refractivity contribution < 1.29 is 23.8 Å². The molecule has 212 valence electrons. The molecule has 0 atom stereocenters. The van der Waals surface area contributed by atoms with Crippen LogP contribution < -0.4 is 10.1 Å². The number of carboxylic acids is 1. The van der Waals surface area contributed by atoms with E-state index in [1.165, 1.54) is 6.07 Å². The fraction of sp³-hybridized carbons (Fsp3) is 0.387. The number of carbonyl (C=O) groups is 2. The molecule has 1 aromatic heterocycles. The molecule has 0 unspecified atom stereocenters. The van der Waals surface area contributed by atoms with Gasteiger partial charge < -0.3 is 20.1 Å². The van der Waals surface area contributed by atoms with Crippen molar-refractivity contribution in [3.8, 4) is 28.1 Å². The minimum Gasteiger partial charge on any atom is -0.489 e. The van der Waals surface area contributed by atoms with Crippen molar-refractivity contribution in [1.82, 2.24) is 15.2 Å². The number of halogens is 2. The zero-order valence-electron chi connectivity index (χ0n) is 23.1. The highest BCUT2D eigenvalue weighted by atomic mass is 35.5. The predicted octanol–water partition coefficient (Wildman–Crippen LogP) is 6.36. The number of pyridine rings is 1. The molecule has 1 heterocycles. The molecule has 3 aromatic rings. The Morgan fingerprint density at radius 1 is 1.05 bits per heavy atom. The van der Waals surface area contributed by atoms with E-state index in [0.29, 0.717) is 37.7 Å². The largest absolute Gasteiger partial charge is 0.489 e. The van der Waals surface area contributed by atoms with Gasteiger partial charge >= 0.3 is 5.97 Å². The Labute approximate surface area is 239 Å². The number of benzene rings is 2. The molecular formula is C31H35ClFN3O4. The van der Waals surface area contributed by atoms with Crippen LogP contribution in [0.25, 0.3) is 22.4 Å². The number of rotatable bonds is 10. The zero-order chi connectivity index (χ0) is 28.9. The van der Waals surface area contributed by atoms with Crippen molar-refractivity contribution in [2.24, 2.45) is 0 Å². The number of aliphatic carboxylic acids is 1. The van der Waals surface area contributed by atoms with Gasteiger partial charge in [0.05, 0.1) is 17.3 Å². The SMILES string of the molecule is Cc1ccccc1-c1ccc(C(=O)NC2(C(=O)O)CCCCC2)nc1-c1ccc(Cl)c(OCCCN(C)C)c1F. The summed E-state index contributed by atoms with van der Waals surface area (Å²) in [6.45, 7) is 2.99. The number of nitrogens with one attached hydrogen (secondary N) is 1. The van der Waals surface area contributed by atoms with Crippen LogP contribution in [0.4, 0.5) is 4.39 Å². The fourth-order valence-electron chi connectivity index (χ4n) is 5.12. The van der Waals surface area contributed by atoms with E-state index in [-0.39, 0.29) is 34.3 Å². The summed E-state index contributed by atoms with van der Waals surface area (Å²) in [4.78, 5) is 32.2. The van der Waals surface area contributed by atoms with Crippen molar-refractivity contribution in [3.63, 3.8) is 0 Å². The second-order valence-corrected chi connectivity index (χ2v) is 11.0. The van der Waals surface area contributed by atoms with Crippen molar-refractivity contribution >= 4 is 23.5 Å². The van der Waals surface area contributed by atoms with Gasteiger partial charge in [-0.05, 0) is 75.7 Å². The number of carboxylic acid groups (broad SMARTS) is 1. The monoisotopic (exact) mass is 567 g/mol. The molecule has 7 nitrogen and oxygen atoms in total. The third kappa shape index (κ3) is 6.45. The van der Waals surface area contributed by atoms with E-state index in [2.05, 4.69) is 10.3 Å². The molecule has 1 amide bonds. The Balaban J connectivity index is 1.77. The molecule has 0 spiro atoms. The van der Waals surface area contributed by atoms with Crippen LogP contribution in [-0.2, 0) is 4.79 Å². The lowest BCUT2D eigenvalue weighted by molar-refractivity contribution is -0.145. The van der Waals surface area contributed by atoms with Gasteiger partial charge in [0.1, 0.15) is 11.2 Å². The number of amides is 1. The number of carbonyl (C=O) groups excluding carboxylic acids is 1. The third-order valence-electron chi connectivity index (χ3n) is 7.33. The summed E-state index contributed by atoms with van der Waals surface area (Å²) < 4.78 is 21.8. The molecule has 9 heteroatoms. The molecule has 0 radical (unpaired) electrons. The van der Waals surface area contributed by atoms with E-state index in [1.54, 1.807) is 18.2 Å². The van der Waals surface area contributed by atoms with E-state index in [4.69, 9.17) is 16.3 Å². The molecular weight excluding hydrogens is 533 g/mol. The first-order chi connectivity index (χ1) is 19.1. The molecule has 1 aliphatic rings. The van der Waals surface area contributed by atoms with E-state index in [9.17, 15) is 14.7 Å². The second kappa shape index (κ2) is 12.8. The minimum atomic E-state index is -1.34. The van der Waals surface area contributed by atoms with Gasteiger partial charge in [-0.3, -0.25) is 4.79 Å². The molecule has 0 bridgehead atoms. The summed E-state index contributed by atoms with van der Waals surface area (Å²) >= 11 is 6.33. The van der Waals surface area contributed by atoms with Crippen LogP contribution in [0.15, 0.2) is 48.5 Å². The van der Waals surface area contributed by atoms with Gasteiger partial charge in [0.15, 0.2) is 11.6 Å². The Hall–Kier alpha value is -3.49. The summed E-state index contributed by atoms with van der Waals surface area (Å²) in [6.07, 6.45) is 3.73. The predicted molar refractivity (Wildman–Crippen MR) is 154 cm³/mol.